The first-order valence-electron chi connectivity index (χ1n) is 14.8. The lowest BCUT2D eigenvalue weighted by molar-refractivity contribution is -0.132. The summed E-state index contributed by atoms with van der Waals surface area (Å²) in [6.07, 6.45) is 13.7. The molecule has 210 valence electrons. The van der Waals surface area contributed by atoms with Gasteiger partial charge in [0.15, 0.2) is 5.69 Å². The molecule has 1 aromatic heterocycles. The van der Waals surface area contributed by atoms with Crippen LogP contribution in [0.2, 0.25) is 0 Å². The number of rotatable bonds is 7. The molecule has 1 aromatic carbocycles. The van der Waals surface area contributed by atoms with E-state index in [0.29, 0.717) is 23.6 Å². The second kappa shape index (κ2) is 11.4. The highest BCUT2D eigenvalue weighted by Gasteiger charge is 2.45. The smallest absolute Gasteiger partial charge is 0.362 e. The van der Waals surface area contributed by atoms with Crippen LogP contribution in [0.1, 0.15) is 82.4 Å². The number of aliphatic hydroxyl groups excluding tert-OH is 1. The summed E-state index contributed by atoms with van der Waals surface area (Å²) in [4.78, 5) is 39.3. The number of carbonyl (C=O) groups is 1. The largest absolute Gasteiger partial charge is 0.464 e. The molecule has 9 heteroatoms. The van der Waals surface area contributed by atoms with E-state index in [4.69, 9.17) is 14.7 Å². The Morgan fingerprint density at radius 3 is 2.36 bits per heavy atom. The van der Waals surface area contributed by atoms with Gasteiger partial charge in [-0.25, -0.2) is 9.78 Å². The molecule has 6 rings (SSSR count). The zero-order valence-corrected chi connectivity index (χ0v) is 22.8. The van der Waals surface area contributed by atoms with Gasteiger partial charge >= 0.3 is 5.97 Å². The number of benzene rings is 1. The number of carbonyl (C=O) groups excluding carboxylic acids is 1. The highest BCUT2D eigenvalue weighted by molar-refractivity contribution is 6.42. The van der Waals surface area contributed by atoms with Gasteiger partial charge in [-0.2, -0.15) is 0 Å². The summed E-state index contributed by atoms with van der Waals surface area (Å²) in [6.45, 7) is -0.371. The second-order valence-corrected chi connectivity index (χ2v) is 11.9. The number of methoxy groups -OCH3 is 1. The van der Waals surface area contributed by atoms with E-state index < -0.39 is 5.97 Å². The molecule has 2 aliphatic heterocycles. The van der Waals surface area contributed by atoms with Gasteiger partial charge < -0.3 is 19.2 Å². The average Bonchev–Trinajstić information content (AvgIpc) is 2.94. The van der Waals surface area contributed by atoms with Crippen LogP contribution in [0.4, 0.5) is 0 Å². The number of hydrogen-bond acceptors (Lipinski definition) is 8. The molecule has 39 heavy (non-hydrogen) atoms. The maximum atomic E-state index is 14.1. The van der Waals surface area contributed by atoms with E-state index in [2.05, 4.69) is 15.0 Å². The quantitative estimate of drug-likeness (QED) is 0.248. The summed E-state index contributed by atoms with van der Waals surface area (Å²) >= 11 is 0. The van der Waals surface area contributed by atoms with Crippen molar-refractivity contribution in [2.24, 2.45) is 17.0 Å². The average molecular weight is 537 g/mol. The Kier molecular flexibility index (Phi) is 7.71. The summed E-state index contributed by atoms with van der Waals surface area (Å²) in [5, 5.41) is 13.0. The van der Waals surface area contributed by atoms with Crippen molar-refractivity contribution < 1.29 is 19.5 Å². The van der Waals surface area contributed by atoms with Crippen LogP contribution in [0.5, 0.6) is 0 Å². The van der Waals surface area contributed by atoms with Crippen LogP contribution in [0.15, 0.2) is 34.2 Å². The van der Waals surface area contributed by atoms with E-state index in [1.54, 1.807) is 0 Å². The third-order valence-corrected chi connectivity index (χ3v) is 9.63. The van der Waals surface area contributed by atoms with Crippen molar-refractivity contribution in [2.75, 3.05) is 20.3 Å². The molecule has 4 fully saturated rings. The van der Waals surface area contributed by atoms with Crippen LogP contribution in [-0.4, -0.2) is 69.7 Å². The number of piperidine rings is 2. The lowest BCUT2D eigenvalue weighted by Crippen LogP contribution is -2.58. The van der Waals surface area contributed by atoms with Crippen molar-refractivity contribution in [1.29, 1.82) is 0 Å². The highest BCUT2D eigenvalue weighted by atomic mass is 16.6. The lowest BCUT2D eigenvalue weighted by atomic mass is 9.68. The van der Waals surface area contributed by atoms with Crippen molar-refractivity contribution in [2.45, 2.75) is 94.8 Å². The fraction of sp³-hybridized carbons (Fsp3) is 0.667. The number of nitrogens with zero attached hydrogens (tertiary/aromatic N) is 4. The number of aliphatic hydroxyl groups is 1. The molecule has 4 bridgehead atoms. The minimum atomic E-state index is -0.797. The predicted molar refractivity (Wildman–Crippen MR) is 148 cm³/mol. The zero-order chi connectivity index (χ0) is 26.9. The molecule has 0 amide bonds. The summed E-state index contributed by atoms with van der Waals surface area (Å²) in [7, 11) is 1.24. The van der Waals surface area contributed by atoms with Gasteiger partial charge in [0.1, 0.15) is 6.61 Å². The molecule has 5 atom stereocenters. The number of fused-ring (bicyclic) bond motifs is 5. The molecular weight excluding hydrogens is 496 g/mol. The molecule has 2 aromatic rings. The van der Waals surface area contributed by atoms with Gasteiger partial charge in [0.25, 0.3) is 5.56 Å². The van der Waals surface area contributed by atoms with Crippen LogP contribution in [0.25, 0.3) is 11.0 Å². The molecule has 2 saturated carbocycles. The fourth-order valence-electron chi connectivity index (χ4n) is 8.23. The van der Waals surface area contributed by atoms with Crippen LogP contribution < -0.4 is 5.56 Å². The number of para-hydroxylation sites is 2. The molecular formula is C30H40N4O5. The maximum Gasteiger partial charge on any atom is 0.362 e. The van der Waals surface area contributed by atoms with Crippen LogP contribution in [0.3, 0.4) is 0 Å². The standard InChI is InChI=1S/C30H40N4O5/c1-38-30(37)28(32-39-13-12-35)27-29(36)34(26-11-3-2-10-25(26)31-27)24-17-21-8-5-9-22(18-24)33(21)23-15-19-6-4-7-20(14-19)16-23/h2-3,10-11,19-24,35H,4-9,12-18H2,1H3/b32-28-/t19?,20?,21-,22?,23?,24?/m1/s1. The second-order valence-electron chi connectivity index (χ2n) is 11.9. The third-order valence-electron chi connectivity index (χ3n) is 9.63. The summed E-state index contributed by atoms with van der Waals surface area (Å²) in [6, 6.07) is 9.22. The first kappa shape index (κ1) is 26.4. The van der Waals surface area contributed by atoms with Gasteiger partial charge in [-0.15, -0.1) is 0 Å². The van der Waals surface area contributed by atoms with Gasteiger partial charge in [0.05, 0.1) is 24.8 Å². The van der Waals surface area contributed by atoms with Gasteiger partial charge in [-0.05, 0) is 68.9 Å². The number of ether oxygens (including phenoxy) is 1. The van der Waals surface area contributed by atoms with E-state index in [-0.39, 0.29) is 36.2 Å². The maximum absolute atomic E-state index is 14.1. The molecule has 0 spiro atoms. The summed E-state index contributed by atoms with van der Waals surface area (Å²) < 4.78 is 6.78. The molecule has 1 N–H and O–H groups in total. The van der Waals surface area contributed by atoms with Crippen molar-refractivity contribution in [3.8, 4) is 0 Å². The molecule has 4 aliphatic rings. The molecule has 3 heterocycles. The van der Waals surface area contributed by atoms with Gasteiger partial charge in [-0.3, -0.25) is 9.69 Å². The summed E-state index contributed by atoms with van der Waals surface area (Å²) in [5.74, 6) is 0.979. The summed E-state index contributed by atoms with van der Waals surface area (Å²) in [5.41, 5.74) is 0.691. The number of esters is 1. The minimum Gasteiger partial charge on any atom is -0.464 e. The Labute approximate surface area is 229 Å². The van der Waals surface area contributed by atoms with Gasteiger partial charge in [0, 0.05) is 24.2 Å². The lowest BCUT2D eigenvalue weighted by Gasteiger charge is -2.55. The highest BCUT2D eigenvalue weighted by Crippen LogP contribution is 2.47. The monoisotopic (exact) mass is 536 g/mol. The molecule has 0 radical (unpaired) electrons. The van der Waals surface area contributed by atoms with E-state index >= 15 is 0 Å². The van der Waals surface area contributed by atoms with Crippen LogP contribution in [-0.2, 0) is 14.4 Å². The molecule has 2 saturated heterocycles. The Morgan fingerprint density at radius 2 is 1.67 bits per heavy atom. The first-order valence-corrected chi connectivity index (χ1v) is 14.8. The van der Waals surface area contributed by atoms with Gasteiger partial charge in [0.2, 0.25) is 5.71 Å². The molecule has 4 unspecified atom stereocenters. The van der Waals surface area contributed by atoms with Crippen molar-refractivity contribution >= 4 is 22.7 Å². The fourth-order valence-corrected chi connectivity index (χ4v) is 8.23. The Bertz CT molecular complexity index is 1270. The van der Waals surface area contributed by atoms with E-state index in [0.717, 1.165) is 30.2 Å². The van der Waals surface area contributed by atoms with Crippen LogP contribution >= 0.6 is 0 Å². The van der Waals surface area contributed by atoms with E-state index in [1.165, 1.54) is 64.9 Å². The topological polar surface area (TPSA) is 106 Å². The SMILES string of the molecule is COC(=O)/C(=N\OCCO)c1nc2ccccc2n(C2CC3CCC[C@H](C2)N3C2CC3CCCC(C3)C2)c1=O. The normalized spacial score (nSPS) is 31.2. The third kappa shape index (κ3) is 5.11. The number of hydrogen-bond donors (Lipinski definition) is 1. The first-order chi connectivity index (χ1) is 19.1. The van der Waals surface area contributed by atoms with Crippen molar-refractivity contribution in [3.63, 3.8) is 0 Å². The van der Waals surface area contributed by atoms with E-state index in [9.17, 15) is 9.59 Å². The Morgan fingerprint density at radius 1 is 0.974 bits per heavy atom. The Balaban J connectivity index is 1.36. The number of oxime groups is 1. The molecule has 9 nitrogen and oxygen atoms in total. The van der Waals surface area contributed by atoms with Crippen molar-refractivity contribution in [3.05, 3.63) is 40.3 Å². The predicted octanol–water partition coefficient (Wildman–Crippen LogP) is 3.81. The van der Waals surface area contributed by atoms with Crippen molar-refractivity contribution in [1.82, 2.24) is 14.5 Å². The van der Waals surface area contributed by atoms with Gasteiger partial charge in [-0.1, -0.05) is 43.0 Å². The Hall–Kier alpha value is -2.78. The van der Waals surface area contributed by atoms with Crippen LogP contribution in [0, 0.1) is 11.8 Å². The zero-order valence-electron chi connectivity index (χ0n) is 22.8. The van der Waals surface area contributed by atoms with E-state index in [1.807, 2.05) is 28.8 Å². The molecule has 2 aliphatic carbocycles. The minimum absolute atomic E-state index is 0.0102. The number of aromatic nitrogens is 2.